The standard InChI is InChI=1S/C10H23N3O/c1-6-11-8-7-10(14)13(9(2)3)12(4)5/h9,11H,6-8H2,1-5H3. The van der Waals surface area contributed by atoms with Crippen molar-refractivity contribution in [2.75, 3.05) is 27.2 Å². The molecule has 0 saturated carbocycles. The van der Waals surface area contributed by atoms with E-state index in [1.54, 1.807) is 5.01 Å². The van der Waals surface area contributed by atoms with Gasteiger partial charge in [0.25, 0.3) is 0 Å². The van der Waals surface area contributed by atoms with E-state index in [-0.39, 0.29) is 11.9 Å². The fraction of sp³-hybridized carbons (Fsp3) is 0.900. The van der Waals surface area contributed by atoms with Gasteiger partial charge in [-0.2, -0.15) is 0 Å². The van der Waals surface area contributed by atoms with Crippen molar-refractivity contribution in [1.82, 2.24) is 15.3 Å². The topological polar surface area (TPSA) is 35.6 Å². The van der Waals surface area contributed by atoms with Crippen LogP contribution in [0.4, 0.5) is 0 Å². The van der Waals surface area contributed by atoms with Gasteiger partial charge in [-0.25, -0.2) is 5.01 Å². The third kappa shape index (κ3) is 4.58. The molecule has 0 rings (SSSR count). The molecule has 14 heavy (non-hydrogen) atoms. The Morgan fingerprint density at radius 1 is 1.36 bits per heavy atom. The van der Waals surface area contributed by atoms with Crippen molar-refractivity contribution in [1.29, 1.82) is 0 Å². The maximum Gasteiger partial charge on any atom is 0.238 e. The normalized spacial score (nSPS) is 11.1. The fourth-order valence-electron chi connectivity index (χ4n) is 1.46. The van der Waals surface area contributed by atoms with Crippen molar-refractivity contribution in [3.05, 3.63) is 0 Å². The number of rotatable bonds is 6. The van der Waals surface area contributed by atoms with Crippen LogP contribution in [0.1, 0.15) is 27.2 Å². The Morgan fingerprint density at radius 2 is 1.93 bits per heavy atom. The first kappa shape index (κ1) is 13.4. The molecule has 0 aromatic rings. The lowest BCUT2D eigenvalue weighted by molar-refractivity contribution is -0.148. The van der Waals surface area contributed by atoms with Crippen molar-refractivity contribution in [3.8, 4) is 0 Å². The number of hydrazine groups is 1. The Hall–Kier alpha value is -0.610. The minimum absolute atomic E-state index is 0.172. The van der Waals surface area contributed by atoms with Crippen LogP contribution >= 0.6 is 0 Å². The summed E-state index contributed by atoms with van der Waals surface area (Å²) in [5.41, 5.74) is 0. The average molecular weight is 201 g/mol. The lowest BCUT2D eigenvalue weighted by Gasteiger charge is -2.32. The van der Waals surface area contributed by atoms with E-state index < -0.39 is 0 Å². The summed E-state index contributed by atoms with van der Waals surface area (Å²) < 4.78 is 0. The van der Waals surface area contributed by atoms with Gasteiger partial charge in [0.05, 0.1) is 0 Å². The van der Waals surface area contributed by atoms with E-state index in [0.29, 0.717) is 6.42 Å². The molecule has 0 bridgehead atoms. The summed E-state index contributed by atoms with van der Waals surface area (Å²) in [4.78, 5) is 11.7. The van der Waals surface area contributed by atoms with Gasteiger partial charge in [0.15, 0.2) is 0 Å². The molecule has 0 radical (unpaired) electrons. The summed E-state index contributed by atoms with van der Waals surface area (Å²) >= 11 is 0. The van der Waals surface area contributed by atoms with Crippen LogP contribution < -0.4 is 5.32 Å². The first-order valence-corrected chi connectivity index (χ1v) is 5.20. The van der Waals surface area contributed by atoms with E-state index in [4.69, 9.17) is 0 Å². The summed E-state index contributed by atoms with van der Waals surface area (Å²) in [5, 5.41) is 6.77. The Balaban J connectivity index is 4.03. The van der Waals surface area contributed by atoms with Gasteiger partial charge in [0, 0.05) is 33.1 Å². The van der Waals surface area contributed by atoms with Crippen molar-refractivity contribution >= 4 is 5.91 Å². The predicted molar refractivity (Wildman–Crippen MR) is 58.8 cm³/mol. The van der Waals surface area contributed by atoms with Gasteiger partial charge in [-0.1, -0.05) is 6.92 Å². The Labute approximate surface area is 87.2 Å². The van der Waals surface area contributed by atoms with E-state index in [0.717, 1.165) is 13.1 Å². The van der Waals surface area contributed by atoms with Crippen LogP contribution in [-0.2, 0) is 4.79 Å². The molecular weight excluding hydrogens is 178 g/mol. The van der Waals surface area contributed by atoms with E-state index >= 15 is 0 Å². The van der Waals surface area contributed by atoms with Crippen LogP contribution in [0.5, 0.6) is 0 Å². The average Bonchev–Trinajstić information content (AvgIpc) is 2.03. The van der Waals surface area contributed by atoms with Crippen LogP contribution in [0.15, 0.2) is 0 Å². The summed E-state index contributed by atoms with van der Waals surface area (Å²) in [7, 11) is 3.79. The summed E-state index contributed by atoms with van der Waals surface area (Å²) in [6, 6.07) is 0.221. The molecule has 4 heteroatoms. The molecule has 0 heterocycles. The number of hydrogen-bond donors (Lipinski definition) is 1. The quantitative estimate of drug-likeness (QED) is 0.507. The van der Waals surface area contributed by atoms with E-state index in [1.807, 2.05) is 39.9 Å². The zero-order chi connectivity index (χ0) is 11.1. The third-order valence-corrected chi connectivity index (χ3v) is 1.94. The minimum atomic E-state index is 0.172. The van der Waals surface area contributed by atoms with E-state index in [2.05, 4.69) is 5.32 Å². The number of nitrogens with one attached hydrogen (secondary N) is 1. The van der Waals surface area contributed by atoms with Crippen LogP contribution in [0.25, 0.3) is 0 Å². The molecule has 0 aliphatic rings. The molecule has 1 N–H and O–H groups in total. The fourth-order valence-corrected chi connectivity index (χ4v) is 1.46. The first-order chi connectivity index (χ1) is 6.50. The highest BCUT2D eigenvalue weighted by molar-refractivity contribution is 5.76. The highest BCUT2D eigenvalue weighted by Crippen LogP contribution is 2.02. The Bertz CT molecular complexity index is 161. The number of amides is 1. The van der Waals surface area contributed by atoms with E-state index in [1.165, 1.54) is 0 Å². The van der Waals surface area contributed by atoms with Gasteiger partial charge in [-0.3, -0.25) is 9.80 Å². The van der Waals surface area contributed by atoms with Crippen molar-refractivity contribution < 1.29 is 4.79 Å². The maximum atomic E-state index is 11.7. The number of nitrogens with zero attached hydrogens (tertiary/aromatic N) is 2. The molecule has 1 amide bonds. The second-order valence-electron chi connectivity index (χ2n) is 3.78. The lowest BCUT2D eigenvalue weighted by atomic mass is 10.3. The second kappa shape index (κ2) is 6.79. The van der Waals surface area contributed by atoms with Gasteiger partial charge < -0.3 is 5.32 Å². The number of carbonyl (C=O) groups is 1. The van der Waals surface area contributed by atoms with Gasteiger partial charge >= 0.3 is 0 Å². The van der Waals surface area contributed by atoms with Crippen molar-refractivity contribution in [3.63, 3.8) is 0 Å². The van der Waals surface area contributed by atoms with Crippen LogP contribution in [0.3, 0.4) is 0 Å². The molecular formula is C10H23N3O. The summed E-state index contributed by atoms with van der Waals surface area (Å²) in [6.45, 7) is 7.75. The van der Waals surface area contributed by atoms with Gasteiger partial charge in [-0.15, -0.1) is 0 Å². The number of carbonyl (C=O) groups excluding carboxylic acids is 1. The molecule has 0 atom stereocenters. The van der Waals surface area contributed by atoms with Gasteiger partial charge in [-0.05, 0) is 20.4 Å². The van der Waals surface area contributed by atoms with Crippen molar-refractivity contribution in [2.45, 2.75) is 33.2 Å². The number of hydrogen-bond acceptors (Lipinski definition) is 3. The molecule has 0 unspecified atom stereocenters. The molecule has 0 aromatic heterocycles. The highest BCUT2D eigenvalue weighted by Gasteiger charge is 2.17. The molecule has 4 nitrogen and oxygen atoms in total. The minimum Gasteiger partial charge on any atom is -0.316 e. The van der Waals surface area contributed by atoms with Crippen LogP contribution in [-0.4, -0.2) is 49.2 Å². The highest BCUT2D eigenvalue weighted by atomic mass is 16.2. The SMILES string of the molecule is CCNCCC(=O)N(C(C)C)N(C)C. The summed E-state index contributed by atoms with van der Waals surface area (Å²) in [6.07, 6.45) is 0.560. The zero-order valence-electron chi connectivity index (χ0n) is 10.0. The largest absolute Gasteiger partial charge is 0.316 e. The van der Waals surface area contributed by atoms with Crippen molar-refractivity contribution in [2.24, 2.45) is 0 Å². The molecule has 0 aliphatic carbocycles. The van der Waals surface area contributed by atoms with Crippen LogP contribution in [0.2, 0.25) is 0 Å². The van der Waals surface area contributed by atoms with Crippen LogP contribution in [0, 0.1) is 0 Å². The lowest BCUT2D eigenvalue weighted by Crippen LogP contribution is -2.47. The zero-order valence-corrected chi connectivity index (χ0v) is 10.0. The third-order valence-electron chi connectivity index (χ3n) is 1.94. The van der Waals surface area contributed by atoms with Gasteiger partial charge in [0.1, 0.15) is 0 Å². The molecule has 0 aliphatic heterocycles. The molecule has 0 spiro atoms. The molecule has 0 fully saturated rings. The monoisotopic (exact) mass is 201 g/mol. The van der Waals surface area contributed by atoms with Gasteiger partial charge in [0.2, 0.25) is 5.91 Å². The second-order valence-corrected chi connectivity index (χ2v) is 3.78. The van der Waals surface area contributed by atoms with E-state index in [9.17, 15) is 4.79 Å². The Morgan fingerprint density at radius 3 is 2.29 bits per heavy atom. The first-order valence-electron chi connectivity index (χ1n) is 5.20. The maximum absolute atomic E-state index is 11.7. The predicted octanol–water partition coefficient (Wildman–Crippen LogP) is 0.700. The molecule has 0 saturated heterocycles. The molecule has 0 aromatic carbocycles. The smallest absolute Gasteiger partial charge is 0.238 e. The Kier molecular flexibility index (Phi) is 6.49. The summed E-state index contributed by atoms with van der Waals surface area (Å²) in [5.74, 6) is 0.172. The molecule has 84 valence electrons.